The number of carbonyl (C=O) groups excluding carboxylic acids is 2. The van der Waals surface area contributed by atoms with Gasteiger partial charge in [0.25, 0.3) is 0 Å². The number of nitrogens with one attached hydrogen (secondary N) is 1. The number of likely N-dealkylation sites (tertiary alicyclic amines) is 1. The smallest absolute Gasteiger partial charge is 0.225 e. The number of aromatic nitrogens is 1. The summed E-state index contributed by atoms with van der Waals surface area (Å²) in [6.07, 6.45) is 1.34. The number of rotatable bonds is 6. The molecule has 0 bridgehead atoms. The number of hydrogen-bond acceptors (Lipinski definition) is 4. The van der Waals surface area contributed by atoms with Crippen molar-refractivity contribution in [2.24, 2.45) is 0 Å². The number of thiazole rings is 1. The molecule has 3 rings (SSSR count). The Balaban J connectivity index is 1.48. The minimum atomic E-state index is -0.313. The van der Waals surface area contributed by atoms with Crippen LogP contribution >= 0.6 is 11.3 Å². The van der Waals surface area contributed by atoms with Crippen LogP contribution in [0.3, 0.4) is 0 Å². The molecule has 25 heavy (non-hydrogen) atoms. The molecule has 5 nitrogen and oxygen atoms in total. The molecule has 0 saturated carbocycles. The molecule has 0 radical (unpaired) electrons. The predicted molar refractivity (Wildman–Crippen MR) is 93.5 cm³/mol. The minimum Gasteiger partial charge on any atom is -0.351 e. The van der Waals surface area contributed by atoms with Crippen molar-refractivity contribution in [3.8, 4) is 0 Å². The minimum absolute atomic E-state index is 0.0205. The van der Waals surface area contributed by atoms with E-state index in [0.29, 0.717) is 32.4 Å². The van der Waals surface area contributed by atoms with Gasteiger partial charge in [0, 0.05) is 30.8 Å². The third-order valence-corrected chi connectivity index (χ3v) is 5.26. The fourth-order valence-electron chi connectivity index (χ4n) is 2.97. The first kappa shape index (κ1) is 17.5. The molecule has 1 aromatic heterocycles. The van der Waals surface area contributed by atoms with Crippen molar-refractivity contribution in [2.45, 2.75) is 38.8 Å². The van der Waals surface area contributed by atoms with E-state index in [-0.39, 0.29) is 23.7 Å². The Morgan fingerprint density at radius 2 is 2.32 bits per heavy atom. The summed E-state index contributed by atoms with van der Waals surface area (Å²) in [7, 11) is 0. The third-order valence-electron chi connectivity index (χ3n) is 4.27. The standard InChI is InChI=1S/C18H20FN3O2S/c1-12-16(25-11-20-12)5-6-17(23)21-15-8-18(24)22(10-15)9-13-3-2-4-14(19)7-13/h2-4,7,11,15H,5-6,8-10H2,1H3,(H,21,23)/t15-/m0/s1. The van der Waals surface area contributed by atoms with Crippen LogP contribution in [-0.2, 0) is 22.6 Å². The van der Waals surface area contributed by atoms with Gasteiger partial charge >= 0.3 is 0 Å². The van der Waals surface area contributed by atoms with Crippen LogP contribution in [0.25, 0.3) is 0 Å². The van der Waals surface area contributed by atoms with Crippen LogP contribution in [0.15, 0.2) is 29.8 Å². The van der Waals surface area contributed by atoms with E-state index in [9.17, 15) is 14.0 Å². The van der Waals surface area contributed by atoms with Gasteiger partial charge in [0.05, 0.1) is 17.2 Å². The quantitative estimate of drug-likeness (QED) is 0.860. The molecule has 1 fully saturated rings. The summed E-state index contributed by atoms with van der Waals surface area (Å²) < 4.78 is 13.3. The Morgan fingerprint density at radius 3 is 3.04 bits per heavy atom. The summed E-state index contributed by atoms with van der Waals surface area (Å²) in [5.41, 5.74) is 3.50. The van der Waals surface area contributed by atoms with Crippen LogP contribution in [0.4, 0.5) is 4.39 Å². The van der Waals surface area contributed by atoms with E-state index in [4.69, 9.17) is 0 Å². The van der Waals surface area contributed by atoms with Crippen LogP contribution in [0.5, 0.6) is 0 Å². The number of aryl methyl sites for hydroxylation is 2. The van der Waals surface area contributed by atoms with Crippen LogP contribution in [0, 0.1) is 12.7 Å². The highest BCUT2D eigenvalue weighted by Gasteiger charge is 2.30. The van der Waals surface area contributed by atoms with E-state index in [1.165, 1.54) is 12.1 Å². The van der Waals surface area contributed by atoms with E-state index >= 15 is 0 Å². The van der Waals surface area contributed by atoms with Gasteiger partial charge in [-0.3, -0.25) is 9.59 Å². The molecule has 0 unspecified atom stereocenters. The number of amides is 2. The number of carbonyl (C=O) groups is 2. The zero-order chi connectivity index (χ0) is 17.8. The maximum atomic E-state index is 13.3. The van der Waals surface area contributed by atoms with Gasteiger partial charge in [0.1, 0.15) is 5.82 Å². The molecule has 1 saturated heterocycles. The molecule has 1 aromatic carbocycles. The Labute approximate surface area is 149 Å². The van der Waals surface area contributed by atoms with Crippen LogP contribution in [0.2, 0.25) is 0 Å². The number of halogens is 1. The first-order valence-electron chi connectivity index (χ1n) is 8.22. The molecule has 132 valence electrons. The zero-order valence-corrected chi connectivity index (χ0v) is 14.8. The average molecular weight is 361 g/mol. The van der Waals surface area contributed by atoms with Gasteiger partial charge in [0.2, 0.25) is 11.8 Å². The second-order valence-electron chi connectivity index (χ2n) is 6.23. The summed E-state index contributed by atoms with van der Waals surface area (Å²) >= 11 is 1.55. The van der Waals surface area contributed by atoms with Crippen LogP contribution in [-0.4, -0.2) is 34.3 Å². The second kappa shape index (κ2) is 7.74. The molecular formula is C18H20FN3O2S. The van der Waals surface area contributed by atoms with Crippen LogP contribution in [0.1, 0.15) is 29.0 Å². The molecule has 1 aliphatic heterocycles. The summed E-state index contributed by atoms with van der Waals surface area (Å²) in [5, 5.41) is 2.93. The second-order valence-corrected chi connectivity index (χ2v) is 7.17. The molecule has 2 heterocycles. The van der Waals surface area contributed by atoms with Crippen molar-refractivity contribution in [2.75, 3.05) is 6.54 Å². The maximum absolute atomic E-state index is 13.3. The van der Waals surface area contributed by atoms with Crippen molar-refractivity contribution in [3.63, 3.8) is 0 Å². The fraction of sp³-hybridized carbons (Fsp3) is 0.389. The highest BCUT2D eigenvalue weighted by atomic mass is 32.1. The summed E-state index contributed by atoms with van der Waals surface area (Å²) in [6, 6.07) is 6.04. The predicted octanol–water partition coefficient (Wildman–Crippen LogP) is 2.44. The lowest BCUT2D eigenvalue weighted by Crippen LogP contribution is -2.37. The number of hydrogen-bond donors (Lipinski definition) is 1. The summed E-state index contributed by atoms with van der Waals surface area (Å²) in [6.45, 7) is 2.76. The maximum Gasteiger partial charge on any atom is 0.225 e. The third kappa shape index (κ3) is 4.63. The molecule has 1 N–H and O–H groups in total. The Morgan fingerprint density at radius 1 is 1.48 bits per heavy atom. The Hall–Kier alpha value is -2.28. The molecule has 0 aliphatic carbocycles. The average Bonchev–Trinajstić information content (AvgIpc) is 3.11. The monoisotopic (exact) mass is 361 g/mol. The van der Waals surface area contributed by atoms with Gasteiger partial charge < -0.3 is 10.2 Å². The van der Waals surface area contributed by atoms with E-state index in [1.54, 1.807) is 33.9 Å². The fourth-order valence-corrected chi connectivity index (χ4v) is 3.75. The van der Waals surface area contributed by atoms with Crippen molar-refractivity contribution in [1.82, 2.24) is 15.2 Å². The van der Waals surface area contributed by atoms with Gasteiger partial charge in [0.15, 0.2) is 0 Å². The topological polar surface area (TPSA) is 62.3 Å². The molecule has 0 spiro atoms. The van der Waals surface area contributed by atoms with Gasteiger partial charge in [-0.15, -0.1) is 11.3 Å². The SMILES string of the molecule is Cc1ncsc1CCC(=O)N[C@H]1CC(=O)N(Cc2cccc(F)c2)C1. The normalized spacial score (nSPS) is 17.1. The van der Waals surface area contributed by atoms with Crippen molar-refractivity contribution < 1.29 is 14.0 Å². The van der Waals surface area contributed by atoms with Gasteiger partial charge in [-0.2, -0.15) is 0 Å². The Kier molecular flexibility index (Phi) is 5.43. The molecule has 2 amide bonds. The molecular weight excluding hydrogens is 341 g/mol. The highest BCUT2D eigenvalue weighted by molar-refractivity contribution is 7.09. The lowest BCUT2D eigenvalue weighted by molar-refractivity contribution is -0.128. The van der Waals surface area contributed by atoms with Crippen molar-refractivity contribution >= 4 is 23.2 Å². The van der Waals surface area contributed by atoms with E-state index in [0.717, 1.165) is 16.1 Å². The summed E-state index contributed by atoms with van der Waals surface area (Å²) in [5.74, 6) is -0.390. The molecule has 1 aliphatic rings. The van der Waals surface area contributed by atoms with E-state index in [2.05, 4.69) is 10.3 Å². The van der Waals surface area contributed by atoms with E-state index in [1.807, 2.05) is 6.92 Å². The van der Waals surface area contributed by atoms with Gasteiger partial charge in [-0.05, 0) is 31.0 Å². The lowest BCUT2D eigenvalue weighted by Gasteiger charge is -2.17. The first-order chi connectivity index (χ1) is 12.0. The lowest BCUT2D eigenvalue weighted by atomic mass is 10.2. The zero-order valence-electron chi connectivity index (χ0n) is 14.0. The first-order valence-corrected chi connectivity index (χ1v) is 9.10. The van der Waals surface area contributed by atoms with Crippen LogP contribution < -0.4 is 5.32 Å². The van der Waals surface area contributed by atoms with Crippen molar-refractivity contribution in [3.05, 3.63) is 51.7 Å². The van der Waals surface area contributed by atoms with E-state index < -0.39 is 0 Å². The van der Waals surface area contributed by atoms with Crippen molar-refractivity contribution in [1.29, 1.82) is 0 Å². The number of nitrogens with zero attached hydrogens (tertiary/aromatic N) is 2. The number of benzene rings is 1. The largest absolute Gasteiger partial charge is 0.351 e. The molecule has 1 atom stereocenters. The summed E-state index contributed by atoms with van der Waals surface area (Å²) in [4.78, 5) is 31.2. The Bertz CT molecular complexity index is 777. The molecule has 7 heteroatoms. The van der Waals surface area contributed by atoms with Gasteiger partial charge in [-0.25, -0.2) is 9.37 Å². The highest BCUT2D eigenvalue weighted by Crippen LogP contribution is 2.17. The van der Waals surface area contributed by atoms with Gasteiger partial charge in [-0.1, -0.05) is 12.1 Å². The molecule has 2 aromatic rings.